The topological polar surface area (TPSA) is 40.6 Å². The van der Waals surface area contributed by atoms with Crippen LogP contribution < -0.4 is 0 Å². The first-order valence-electron chi connectivity index (χ1n) is 7.39. The molecule has 0 aromatic heterocycles. The monoisotopic (exact) mass is 286 g/mol. The summed E-state index contributed by atoms with van der Waals surface area (Å²) in [6.07, 6.45) is 5.18. The third kappa shape index (κ3) is 2.99. The third-order valence-corrected chi connectivity index (χ3v) is 3.95. The summed E-state index contributed by atoms with van der Waals surface area (Å²) in [6.45, 7) is 4.02. The van der Waals surface area contributed by atoms with Crippen molar-refractivity contribution in [2.75, 3.05) is 7.05 Å². The summed E-state index contributed by atoms with van der Waals surface area (Å²) in [6, 6.07) is 9.21. The molecule has 0 saturated carbocycles. The summed E-state index contributed by atoms with van der Waals surface area (Å²) in [7, 11) is 1.74. The van der Waals surface area contributed by atoms with E-state index in [1.165, 1.54) is 11.0 Å². The van der Waals surface area contributed by atoms with E-state index in [1.54, 1.807) is 11.9 Å². The molecule has 1 saturated heterocycles. The van der Waals surface area contributed by atoms with E-state index in [2.05, 4.69) is 6.92 Å². The van der Waals surface area contributed by atoms with Gasteiger partial charge < -0.3 is 4.90 Å². The Labute approximate surface area is 126 Å². The van der Waals surface area contributed by atoms with E-state index in [-0.39, 0.29) is 24.0 Å². The van der Waals surface area contributed by atoms with Crippen molar-refractivity contribution in [3.05, 3.63) is 48.0 Å². The Kier molecular flexibility index (Phi) is 4.78. The molecule has 112 valence electrons. The molecule has 0 radical (unpaired) electrons. The fraction of sp³-hybridized carbons (Fsp3) is 0.412. The molecule has 0 spiro atoms. The molecule has 1 fully saturated rings. The van der Waals surface area contributed by atoms with E-state index < -0.39 is 0 Å². The second-order valence-electron chi connectivity index (χ2n) is 5.39. The lowest BCUT2D eigenvalue weighted by molar-refractivity contribution is -0.124. The highest BCUT2D eigenvalue weighted by Gasteiger charge is 2.44. The normalized spacial score (nSPS) is 22.3. The average Bonchev–Trinajstić information content (AvgIpc) is 2.72. The maximum absolute atomic E-state index is 12.4. The number of hydrogen-bond donors (Lipinski definition) is 0. The van der Waals surface area contributed by atoms with Gasteiger partial charge in [0.05, 0.1) is 12.1 Å². The zero-order valence-electron chi connectivity index (χ0n) is 12.8. The Balaban J connectivity index is 2.31. The number of benzene rings is 1. The smallest absolute Gasteiger partial charge is 0.322 e. The minimum absolute atomic E-state index is 0.0385. The highest BCUT2D eigenvalue weighted by atomic mass is 16.2. The van der Waals surface area contributed by atoms with E-state index in [4.69, 9.17) is 0 Å². The highest BCUT2D eigenvalue weighted by Crippen LogP contribution is 2.34. The number of carbonyl (C=O) groups excluding carboxylic acids is 2. The minimum atomic E-state index is -0.237. The molecule has 1 aliphatic rings. The van der Waals surface area contributed by atoms with Crippen LogP contribution in [0.2, 0.25) is 0 Å². The van der Waals surface area contributed by atoms with E-state index in [0.29, 0.717) is 0 Å². The van der Waals surface area contributed by atoms with Gasteiger partial charge in [0.1, 0.15) is 0 Å². The quantitative estimate of drug-likeness (QED) is 0.796. The first-order chi connectivity index (χ1) is 10.1. The lowest BCUT2D eigenvalue weighted by Crippen LogP contribution is -2.35. The van der Waals surface area contributed by atoms with Crippen LogP contribution >= 0.6 is 0 Å². The first kappa shape index (κ1) is 15.3. The lowest BCUT2D eigenvalue weighted by atomic mass is 10.0. The van der Waals surface area contributed by atoms with Gasteiger partial charge in [-0.3, -0.25) is 9.69 Å². The van der Waals surface area contributed by atoms with Crippen molar-refractivity contribution in [3.8, 4) is 0 Å². The number of imide groups is 1. The Hall–Kier alpha value is -2.10. The van der Waals surface area contributed by atoms with Crippen molar-refractivity contribution >= 4 is 11.9 Å². The molecule has 0 bridgehead atoms. The van der Waals surface area contributed by atoms with Crippen LogP contribution in [0, 0.1) is 0 Å². The van der Waals surface area contributed by atoms with Gasteiger partial charge in [-0.15, -0.1) is 0 Å². The molecule has 1 heterocycles. The van der Waals surface area contributed by atoms with Crippen molar-refractivity contribution < 1.29 is 9.59 Å². The highest BCUT2D eigenvalue weighted by molar-refractivity contribution is 6.02. The SMILES string of the molecule is CCC/C=C/C(=O)N1C(=O)N(C)[C@@H](C)[C@H]1c1ccccc1. The van der Waals surface area contributed by atoms with E-state index in [9.17, 15) is 9.59 Å². The lowest BCUT2D eigenvalue weighted by Gasteiger charge is -2.23. The molecule has 1 aromatic rings. The molecular formula is C17H22N2O2. The Bertz CT molecular complexity index is 539. The van der Waals surface area contributed by atoms with Gasteiger partial charge in [0, 0.05) is 7.05 Å². The largest absolute Gasteiger partial charge is 0.327 e. The summed E-state index contributed by atoms with van der Waals surface area (Å²) in [4.78, 5) is 27.8. The molecule has 1 aromatic carbocycles. The van der Waals surface area contributed by atoms with Crippen LogP contribution in [0.3, 0.4) is 0 Å². The second kappa shape index (κ2) is 6.57. The fourth-order valence-electron chi connectivity index (χ4n) is 2.63. The number of nitrogens with zero attached hydrogens (tertiary/aromatic N) is 2. The van der Waals surface area contributed by atoms with Crippen molar-refractivity contribution in [2.24, 2.45) is 0 Å². The number of amides is 3. The predicted octanol–water partition coefficient (Wildman–Crippen LogP) is 3.37. The molecule has 0 unspecified atom stereocenters. The zero-order valence-corrected chi connectivity index (χ0v) is 12.8. The molecule has 0 aliphatic carbocycles. The van der Waals surface area contributed by atoms with Crippen molar-refractivity contribution in [1.29, 1.82) is 0 Å². The standard InChI is InChI=1S/C17H22N2O2/c1-4-5-7-12-15(20)19-16(13(2)18(3)17(19)21)14-10-8-6-9-11-14/h6-13,16H,4-5H2,1-3H3/b12-7+/t13-,16-/m0/s1. The minimum Gasteiger partial charge on any atom is -0.322 e. The first-order valence-corrected chi connectivity index (χ1v) is 7.39. The molecule has 2 rings (SSSR count). The number of hydrogen-bond acceptors (Lipinski definition) is 2. The average molecular weight is 286 g/mol. The molecule has 2 atom stereocenters. The van der Waals surface area contributed by atoms with Crippen molar-refractivity contribution in [2.45, 2.75) is 38.8 Å². The van der Waals surface area contributed by atoms with Crippen LogP contribution in [0.1, 0.15) is 38.3 Å². The van der Waals surface area contributed by atoms with Gasteiger partial charge in [0.25, 0.3) is 5.91 Å². The van der Waals surface area contributed by atoms with Gasteiger partial charge in [-0.2, -0.15) is 0 Å². The summed E-state index contributed by atoms with van der Waals surface area (Å²) >= 11 is 0. The molecule has 4 heteroatoms. The Morgan fingerprint density at radius 2 is 1.95 bits per heavy atom. The number of carbonyl (C=O) groups is 2. The van der Waals surface area contributed by atoms with E-state index in [0.717, 1.165) is 18.4 Å². The van der Waals surface area contributed by atoms with Gasteiger partial charge in [0.2, 0.25) is 0 Å². The Morgan fingerprint density at radius 3 is 2.57 bits per heavy atom. The molecule has 21 heavy (non-hydrogen) atoms. The van der Waals surface area contributed by atoms with Crippen LogP contribution in [0.15, 0.2) is 42.5 Å². The molecule has 3 amide bonds. The van der Waals surface area contributed by atoms with Gasteiger partial charge in [-0.05, 0) is 25.0 Å². The van der Waals surface area contributed by atoms with Gasteiger partial charge in [-0.1, -0.05) is 49.8 Å². The number of rotatable bonds is 4. The van der Waals surface area contributed by atoms with Crippen LogP contribution in [0.4, 0.5) is 4.79 Å². The zero-order chi connectivity index (χ0) is 15.4. The summed E-state index contributed by atoms with van der Waals surface area (Å²) < 4.78 is 0. The summed E-state index contributed by atoms with van der Waals surface area (Å²) in [5.41, 5.74) is 0.986. The van der Waals surface area contributed by atoms with Crippen molar-refractivity contribution in [1.82, 2.24) is 9.80 Å². The Morgan fingerprint density at radius 1 is 1.29 bits per heavy atom. The number of urea groups is 1. The molecule has 1 aliphatic heterocycles. The number of unbranched alkanes of at least 4 members (excludes halogenated alkanes) is 1. The van der Waals surface area contributed by atoms with E-state index >= 15 is 0 Å². The predicted molar refractivity (Wildman–Crippen MR) is 82.7 cm³/mol. The second-order valence-corrected chi connectivity index (χ2v) is 5.39. The number of likely N-dealkylation sites (N-methyl/N-ethyl adjacent to an activating group) is 1. The van der Waals surface area contributed by atoms with Crippen molar-refractivity contribution in [3.63, 3.8) is 0 Å². The third-order valence-electron chi connectivity index (χ3n) is 3.95. The van der Waals surface area contributed by atoms with Crippen LogP contribution in [0.25, 0.3) is 0 Å². The molecule has 4 nitrogen and oxygen atoms in total. The van der Waals surface area contributed by atoms with Gasteiger partial charge >= 0.3 is 6.03 Å². The molecular weight excluding hydrogens is 264 g/mol. The van der Waals surface area contributed by atoms with Gasteiger partial charge in [-0.25, -0.2) is 4.79 Å². The van der Waals surface area contributed by atoms with Gasteiger partial charge in [0.15, 0.2) is 0 Å². The number of allylic oxidation sites excluding steroid dienone is 1. The molecule has 0 N–H and O–H groups in total. The van der Waals surface area contributed by atoms with Crippen LogP contribution in [0.5, 0.6) is 0 Å². The maximum Gasteiger partial charge on any atom is 0.327 e. The summed E-state index contributed by atoms with van der Waals surface area (Å²) in [5.74, 6) is -0.237. The fourth-order valence-corrected chi connectivity index (χ4v) is 2.63. The van der Waals surface area contributed by atoms with E-state index in [1.807, 2.05) is 43.3 Å². The maximum atomic E-state index is 12.4. The summed E-state index contributed by atoms with van der Waals surface area (Å²) in [5, 5.41) is 0. The van der Waals surface area contributed by atoms with Crippen LogP contribution in [-0.4, -0.2) is 34.8 Å². The van der Waals surface area contributed by atoms with Crippen LogP contribution in [-0.2, 0) is 4.79 Å².